The first-order valence-corrected chi connectivity index (χ1v) is 8.88. The number of hydrogen-bond acceptors (Lipinski definition) is 6. The standard InChI is InChI=1S/C19H22N4O2/c1-2-10-24-15-7-5-9-23(13-15)19-21-16(12-20-22-19)18-11-14-6-3-4-8-17(14)25-18/h3-4,6,8,11-12,15H,2,5,7,9-10,13H2,1H3/t15-/m1/s1. The van der Waals surface area contributed by atoms with Crippen LogP contribution in [-0.2, 0) is 4.74 Å². The molecule has 6 heteroatoms. The Morgan fingerprint density at radius 3 is 3.12 bits per heavy atom. The maximum atomic E-state index is 5.90. The summed E-state index contributed by atoms with van der Waals surface area (Å²) >= 11 is 0. The van der Waals surface area contributed by atoms with E-state index in [1.165, 1.54) is 0 Å². The molecule has 130 valence electrons. The fourth-order valence-corrected chi connectivity index (χ4v) is 3.20. The van der Waals surface area contributed by atoms with Crippen LogP contribution in [0.25, 0.3) is 22.4 Å². The van der Waals surface area contributed by atoms with Gasteiger partial charge in [0.05, 0.1) is 12.3 Å². The molecular weight excluding hydrogens is 316 g/mol. The highest BCUT2D eigenvalue weighted by molar-refractivity contribution is 5.82. The van der Waals surface area contributed by atoms with E-state index < -0.39 is 0 Å². The van der Waals surface area contributed by atoms with Crippen molar-refractivity contribution in [3.63, 3.8) is 0 Å². The lowest BCUT2D eigenvalue weighted by Crippen LogP contribution is -2.40. The van der Waals surface area contributed by atoms with Crippen LogP contribution in [0.2, 0.25) is 0 Å². The number of nitrogens with zero attached hydrogens (tertiary/aromatic N) is 4. The molecule has 2 aromatic heterocycles. The van der Waals surface area contributed by atoms with E-state index in [0.29, 0.717) is 17.4 Å². The van der Waals surface area contributed by atoms with Crippen molar-refractivity contribution in [3.05, 3.63) is 36.5 Å². The Bertz CT molecular complexity index is 815. The number of furan rings is 1. The lowest BCUT2D eigenvalue weighted by molar-refractivity contribution is 0.0437. The van der Waals surface area contributed by atoms with Gasteiger partial charge in [-0.05, 0) is 31.4 Å². The van der Waals surface area contributed by atoms with Crippen molar-refractivity contribution in [3.8, 4) is 11.5 Å². The van der Waals surface area contributed by atoms with Crippen LogP contribution >= 0.6 is 0 Å². The van der Waals surface area contributed by atoms with E-state index in [1.54, 1.807) is 6.20 Å². The summed E-state index contributed by atoms with van der Waals surface area (Å²) in [6.07, 6.45) is 5.10. The Morgan fingerprint density at radius 1 is 1.32 bits per heavy atom. The summed E-state index contributed by atoms with van der Waals surface area (Å²) in [6, 6.07) is 9.93. The molecule has 1 aromatic carbocycles. The molecule has 0 amide bonds. The monoisotopic (exact) mass is 338 g/mol. The predicted octanol–water partition coefficient (Wildman–Crippen LogP) is 3.68. The van der Waals surface area contributed by atoms with E-state index in [4.69, 9.17) is 9.15 Å². The molecule has 4 rings (SSSR count). The second kappa shape index (κ2) is 7.19. The molecule has 25 heavy (non-hydrogen) atoms. The zero-order valence-corrected chi connectivity index (χ0v) is 14.4. The molecule has 3 aromatic rings. The minimum atomic E-state index is 0.243. The molecule has 1 aliphatic rings. The molecule has 1 fully saturated rings. The first kappa shape index (κ1) is 16.0. The number of hydrogen-bond donors (Lipinski definition) is 0. The number of fused-ring (bicyclic) bond motifs is 1. The van der Waals surface area contributed by atoms with Crippen molar-refractivity contribution in [2.45, 2.75) is 32.3 Å². The fraction of sp³-hybridized carbons (Fsp3) is 0.421. The number of anilines is 1. The summed E-state index contributed by atoms with van der Waals surface area (Å²) in [4.78, 5) is 6.84. The summed E-state index contributed by atoms with van der Waals surface area (Å²) in [6.45, 7) is 4.67. The minimum Gasteiger partial charge on any atom is -0.454 e. The zero-order chi connectivity index (χ0) is 17.1. The molecule has 1 saturated heterocycles. The third kappa shape index (κ3) is 3.49. The molecule has 0 N–H and O–H groups in total. The Labute approximate surface area is 146 Å². The number of benzene rings is 1. The predicted molar refractivity (Wildman–Crippen MR) is 96.5 cm³/mol. The van der Waals surface area contributed by atoms with Crippen LogP contribution in [0.4, 0.5) is 5.95 Å². The molecule has 3 heterocycles. The molecule has 0 saturated carbocycles. The van der Waals surface area contributed by atoms with Gasteiger partial charge in [0.2, 0.25) is 5.95 Å². The van der Waals surface area contributed by atoms with E-state index in [0.717, 1.165) is 49.9 Å². The van der Waals surface area contributed by atoms with E-state index in [2.05, 4.69) is 27.0 Å². The van der Waals surface area contributed by atoms with Crippen molar-refractivity contribution >= 4 is 16.9 Å². The van der Waals surface area contributed by atoms with Gasteiger partial charge in [-0.2, -0.15) is 5.10 Å². The SMILES string of the molecule is CCCO[C@@H]1CCCN(c2nncc(-c3cc4ccccc4o3)n2)C1. The maximum absolute atomic E-state index is 5.90. The summed E-state index contributed by atoms with van der Waals surface area (Å²) in [7, 11) is 0. The largest absolute Gasteiger partial charge is 0.454 e. The topological polar surface area (TPSA) is 64.3 Å². The molecule has 0 radical (unpaired) electrons. The lowest BCUT2D eigenvalue weighted by Gasteiger charge is -2.32. The van der Waals surface area contributed by atoms with Gasteiger partial charge in [0.15, 0.2) is 5.76 Å². The van der Waals surface area contributed by atoms with Crippen LogP contribution in [0.5, 0.6) is 0 Å². The van der Waals surface area contributed by atoms with Crippen LogP contribution in [0.3, 0.4) is 0 Å². The maximum Gasteiger partial charge on any atom is 0.246 e. The Morgan fingerprint density at radius 2 is 2.24 bits per heavy atom. The van der Waals surface area contributed by atoms with Gasteiger partial charge in [-0.25, -0.2) is 4.98 Å². The quantitative estimate of drug-likeness (QED) is 0.707. The number of ether oxygens (including phenoxy) is 1. The fourth-order valence-electron chi connectivity index (χ4n) is 3.20. The smallest absolute Gasteiger partial charge is 0.246 e. The van der Waals surface area contributed by atoms with Crippen LogP contribution < -0.4 is 4.90 Å². The van der Waals surface area contributed by atoms with Gasteiger partial charge in [0.1, 0.15) is 11.3 Å². The molecule has 0 spiro atoms. The molecule has 1 aliphatic heterocycles. The van der Waals surface area contributed by atoms with Gasteiger partial charge in [-0.15, -0.1) is 5.10 Å². The van der Waals surface area contributed by atoms with Crippen LogP contribution in [0.15, 0.2) is 40.9 Å². The summed E-state index contributed by atoms with van der Waals surface area (Å²) in [5.41, 5.74) is 1.56. The first-order valence-electron chi connectivity index (χ1n) is 8.88. The highest BCUT2D eigenvalue weighted by atomic mass is 16.5. The highest BCUT2D eigenvalue weighted by Crippen LogP contribution is 2.27. The van der Waals surface area contributed by atoms with Crippen molar-refractivity contribution < 1.29 is 9.15 Å². The highest BCUT2D eigenvalue weighted by Gasteiger charge is 2.23. The minimum absolute atomic E-state index is 0.243. The van der Waals surface area contributed by atoms with E-state index in [1.807, 2.05) is 30.3 Å². The normalized spacial score (nSPS) is 18.0. The van der Waals surface area contributed by atoms with Crippen molar-refractivity contribution in [1.29, 1.82) is 0 Å². The van der Waals surface area contributed by atoms with Crippen molar-refractivity contribution in [1.82, 2.24) is 15.2 Å². The lowest BCUT2D eigenvalue weighted by atomic mass is 10.1. The Hall–Kier alpha value is -2.47. The number of rotatable bonds is 5. The van der Waals surface area contributed by atoms with Crippen molar-refractivity contribution in [2.24, 2.45) is 0 Å². The first-order chi connectivity index (χ1) is 12.3. The van der Waals surface area contributed by atoms with E-state index >= 15 is 0 Å². The molecule has 6 nitrogen and oxygen atoms in total. The average molecular weight is 338 g/mol. The Balaban J connectivity index is 1.56. The van der Waals surface area contributed by atoms with Gasteiger partial charge in [-0.1, -0.05) is 25.1 Å². The number of piperidine rings is 1. The second-order valence-corrected chi connectivity index (χ2v) is 6.37. The van der Waals surface area contributed by atoms with Gasteiger partial charge in [0, 0.05) is 25.1 Å². The molecule has 0 bridgehead atoms. The third-order valence-electron chi connectivity index (χ3n) is 4.44. The molecule has 1 atom stereocenters. The third-order valence-corrected chi connectivity index (χ3v) is 4.44. The van der Waals surface area contributed by atoms with Gasteiger partial charge < -0.3 is 14.1 Å². The van der Waals surface area contributed by atoms with Crippen LogP contribution in [0, 0.1) is 0 Å². The molecule has 0 aliphatic carbocycles. The van der Waals surface area contributed by atoms with Gasteiger partial charge in [-0.3, -0.25) is 0 Å². The summed E-state index contributed by atoms with van der Waals surface area (Å²) in [5.74, 6) is 1.36. The van der Waals surface area contributed by atoms with Crippen LogP contribution in [0.1, 0.15) is 26.2 Å². The summed E-state index contributed by atoms with van der Waals surface area (Å²) in [5, 5.41) is 9.42. The van der Waals surface area contributed by atoms with Gasteiger partial charge in [0.25, 0.3) is 0 Å². The average Bonchev–Trinajstić information content (AvgIpc) is 3.11. The number of aromatic nitrogens is 3. The molecular formula is C19H22N4O2. The molecule has 0 unspecified atom stereocenters. The van der Waals surface area contributed by atoms with E-state index in [9.17, 15) is 0 Å². The Kier molecular flexibility index (Phi) is 4.61. The second-order valence-electron chi connectivity index (χ2n) is 6.37. The summed E-state index contributed by atoms with van der Waals surface area (Å²) < 4.78 is 11.8. The van der Waals surface area contributed by atoms with E-state index in [-0.39, 0.29) is 6.10 Å². The zero-order valence-electron chi connectivity index (χ0n) is 14.4. The van der Waals surface area contributed by atoms with Gasteiger partial charge >= 0.3 is 0 Å². The van der Waals surface area contributed by atoms with Crippen LogP contribution in [-0.4, -0.2) is 41.0 Å². The van der Waals surface area contributed by atoms with Crippen molar-refractivity contribution in [2.75, 3.05) is 24.6 Å². The number of para-hydroxylation sites is 1.